The van der Waals surface area contributed by atoms with Crippen molar-refractivity contribution >= 4 is 51.6 Å². The maximum absolute atomic E-state index is 12.8. The quantitative estimate of drug-likeness (QED) is 0.130. The second kappa shape index (κ2) is 10.1. The summed E-state index contributed by atoms with van der Waals surface area (Å²) in [6.45, 7) is 0. The van der Waals surface area contributed by atoms with Gasteiger partial charge in [0.15, 0.2) is 0 Å². The fourth-order valence-electron chi connectivity index (χ4n) is 3.04. The number of carbonyl (C=O) groups excluding carboxylic acids is 2. The minimum Gasteiger partial charge on any atom is -0.322 e. The Hall–Kier alpha value is -4.56. The van der Waals surface area contributed by atoms with Crippen molar-refractivity contribution in [2.75, 3.05) is 15.5 Å². The average Bonchev–Trinajstić information content (AvgIpc) is 3.29. The second-order valence-electron chi connectivity index (χ2n) is 7.02. The number of nitrogens with zero attached hydrogens (tertiary/aromatic N) is 3. The normalized spacial score (nSPS) is 10.9. The van der Waals surface area contributed by atoms with Gasteiger partial charge in [0.1, 0.15) is 0 Å². The number of rotatable bonds is 9. The van der Waals surface area contributed by atoms with Gasteiger partial charge in [-0.05, 0) is 72.9 Å². The minimum atomic E-state index is -3.93. The van der Waals surface area contributed by atoms with E-state index in [4.69, 9.17) is 12.2 Å². The summed E-state index contributed by atoms with van der Waals surface area (Å²) < 4.78 is 29.8. The summed E-state index contributed by atoms with van der Waals surface area (Å²) in [5.74, 6) is -0.444. The predicted molar refractivity (Wildman–Crippen MR) is 131 cm³/mol. The molecule has 0 atom stereocenters. The van der Waals surface area contributed by atoms with Crippen molar-refractivity contribution in [3.05, 3.63) is 83.1 Å². The van der Waals surface area contributed by atoms with E-state index < -0.39 is 15.9 Å². The molecule has 12 nitrogen and oxygen atoms in total. The lowest BCUT2D eigenvalue weighted by atomic mass is 10.2. The summed E-state index contributed by atoms with van der Waals surface area (Å²) in [7, 11) is -3.93. The molecule has 5 N–H and O–H groups in total. The van der Waals surface area contributed by atoms with Gasteiger partial charge in [-0.25, -0.2) is 13.1 Å². The Labute approximate surface area is 204 Å². The molecule has 0 spiro atoms. The first-order valence-electron chi connectivity index (χ1n) is 9.96. The number of aromatic amines is 1. The Morgan fingerprint density at radius 2 is 1.71 bits per heavy atom. The molecule has 14 heteroatoms. The molecule has 4 aromatic rings. The Balaban J connectivity index is 1.49. The molecule has 35 heavy (non-hydrogen) atoms. The van der Waals surface area contributed by atoms with Gasteiger partial charge in [0.2, 0.25) is 11.2 Å². The zero-order chi connectivity index (χ0) is 24.8. The molecule has 3 aromatic carbocycles. The molecule has 0 bridgehead atoms. The lowest BCUT2D eigenvalue weighted by Gasteiger charge is -2.11. The van der Waals surface area contributed by atoms with Crippen LogP contribution in [-0.2, 0) is 14.8 Å². The number of amides is 2. The zero-order valence-corrected chi connectivity index (χ0v) is 19.4. The number of hydrazine groups is 1. The van der Waals surface area contributed by atoms with E-state index in [0.29, 0.717) is 34.7 Å². The third kappa shape index (κ3) is 5.69. The first-order chi connectivity index (χ1) is 16.9. The second-order valence-corrected chi connectivity index (χ2v) is 9.07. The highest BCUT2D eigenvalue weighted by Gasteiger charge is 2.16. The highest BCUT2D eigenvalue weighted by atomic mass is 32.2. The van der Waals surface area contributed by atoms with E-state index in [9.17, 15) is 18.0 Å². The topological polar surface area (TPSA) is 163 Å². The van der Waals surface area contributed by atoms with E-state index in [1.165, 1.54) is 35.0 Å². The zero-order valence-electron chi connectivity index (χ0n) is 17.8. The number of anilines is 3. The highest BCUT2D eigenvalue weighted by molar-refractivity contribution is 7.92. The van der Waals surface area contributed by atoms with Crippen molar-refractivity contribution < 1.29 is 18.0 Å². The maximum atomic E-state index is 12.8. The number of hydrogen-bond acceptors (Lipinski definition) is 8. The number of tetrazole rings is 1. The molecule has 0 aliphatic heterocycles. The average molecular weight is 511 g/mol. The Kier molecular flexibility index (Phi) is 6.84. The molecule has 0 radical (unpaired) electrons. The molecule has 4 rings (SSSR count). The van der Waals surface area contributed by atoms with Gasteiger partial charge in [-0.15, -0.1) is 0 Å². The molecule has 0 aliphatic carbocycles. The lowest BCUT2D eigenvalue weighted by molar-refractivity contribution is -0.109. The fourth-order valence-corrected chi connectivity index (χ4v) is 4.34. The highest BCUT2D eigenvalue weighted by Crippen LogP contribution is 2.21. The maximum Gasteiger partial charge on any atom is 0.261 e. The van der Waals surface area contributed by atoms with Gasteiger partial charge in [0.05, 0.1) is 16.3 Å². The van der Waals surface area contributed by atoms with Gasteiger partial charge in [0, 0.05) is 16.9 Å². The van der Waals surface area contributed by atoms with Crippen LogP contribution in [0.1, 0.15) is 10.4 Å². The third-order valence-electron chi connectivity index (χ3n) is 4.65. The summed E-state index contributed by atoms with van der Waals surface area (Å²) in [5.41, 5.74) is 6.98. The lowest BCUT2D eigenvalue weighted by Crippen LogP contribution is -2.19. The summed E-state index contributed by atoms with van der Waals surface area (Å²) in [6, 6.07) is 18.7. The first-order valence-corrected chi connectivity index (χ1v) is 11.8. The van der Waals surface area contributed by atoms with Gasteiger partial charge < -0.3 is 5.32 Å². The molecular formula is C21H18N8O4S2. The van der Waals surface area contributed by atoms with Gasteiger partial charge in [-0.3, -0.25) is 25.2 Å². The molecule has 0 saturated carbocycles. The molecular weight excluding hydrogens is 492 g/mol. The number of sulfonamides is 1. The fraction of sp³-hybridized carbons (Fsp3) is 0. The summed E-state index contributed by atoms with van der Waals surface area (Å²) in [4.78, 5) is 23.1. The molecule has 1 aromatic heterocycles. The van der Waals surface area contributed by atoms with E-state index in [-0.39, 0.29) is 9.67 Å². The van der Waals surface area contributed by atoms with Gasteiger partial charge >= 0.3 is 0 Å². The number of H-pyrrole nitrogens is 1. The number of nitrogens with one attached hydrogen (secondary N) is 5. The van der Waals surface area contributed by atoms with Crippen LogP contribution in [-0.4, -0.2) is 40.9 Å². The number of benzene rings is 3. The van der Waals surface area contributed by atoms with Crippen LogP contribution < -0.4 is 20.9 Å². The van der Waals surface area contributed by atoms with Crippen molar-refractivity contribution in [2.45, 2.75) is 4.90 Å². The standard InChI is InChI=1S/C21H18N8O4S2/c30-13-22-24-15-7-9-16(10-8-15)26-35(32,33)19-6-2-4-17(12-19)23-20(31)14-3-1-5-18(11-14)29-21(34)25-27-28-29/h1-13,24,26H,(H,22,30)(H,23,31)(H,25,28,34). The van der Waals surface area contributed by atoms with Crippen LogP contribution in [0.4, 0.5) is 17.1 Å². The van der Waals surface area contributed by atoms with E-state index in [2.05, 4.69) is 36.4 Å². The smallest absolute Gasteiger partial charge is 0.261 e. The van der Waals surface area contributed by atoms with Crippen LogP contribution in [0.15, 0.2) is 77.7 Å². The third-order valence-corrected chi connectivity index (χ3v) is 6.30. The van der Waals surface area contributed by atoms with Crippen molar-refractivity contribution in [1.82, 2.24) is 25.6 Å². The molecule has 0 saturated heterocycles. The predicted octanol–water partition coefficient (Wildman–Crippen LogP) is 2.45. The number of hydrogen-bond donors (Lipinski definition) is 5. The monoisotopic (exact) mass is 510 g/mol. The van der Waals surface area contributed by atoms with Gasteiger partial charge in [-0.2, -0.15) is 5.21 Å². The molecule has 0 unspecified atom stereocenters. The van der Waals surface area contributed by atoms with E-state index in [0.717, 1.165) is 0 Å². The van der Waals surface area contributed by atoms with Crippen molar-refractivity contribution in [3.63, 3.8) is 0 Å². The van der Waals surface area contributed by atoms with Gasteiger partial charge in [0.25, 0.3) is 15.9 Å². The Morgan fingerprint density at radius 3 is 2.43 bits per heavy atom. The summed E-state index contributed by atoms with van der Waals surface area (Å²) >= 11 is 5.08. The van der Waals surface area contributed by atoms with E-state index in [1.807, 2.05) is 0 Å². The van der Waals surface area contributed by atoms with Crippen LogP contribution in [0.3, 0.4) is 0 Å². The van der Waals surface area contributed by atoms with Crippen LogP contribution >= 0.6 is 12.2 Å². The van der Waals surface area contributed by atoms with Crippen LogP contribution in [0.5, 0.6) is 0 Å². The van der Waals surface area contributed by atoms with Crippen molar-refractivity contribution in [1.29, 1.82) is 0 Å². The minimum absolute atomic E-state index is 0.0382. The summed E-state index contributed by atoms with van der Waals surface area (Å²) in [6.07, 6.45) is 0.478. The Bertz CT molecular complexity index is 1530. The van der Waals surface area contributed by atoms with Crippen LogP contribution in [0, 0.1) is 4.77 Å². The molecule has 2 amide bonds. The number of aromatic nitrogens is 4. The Morgan fingerprint density at radius 1 is 0.971 bits per heavy atom. The number of carbonyl (C=O) groups is 2. The van der Waals surface area contributed by atoms with Crippen LogP contribution in [0.25, 0.3) is 5.69 Å². The van der Waals surface area contributed by atoms with Gasteiger partial charge in [-0.1, -0.05) is 22.4 Å². The van der Waals surface area contributed by atoms with E-state index >= 15 is 0 Å². The summed E-state index contributed by atoms with van der Waals surface area (Å²) in [5, 5.41) is 12.6. The van der Waals surface area contributed by atoms with Crippen LogP contribution in [0.2, 0.25) is 0 Å². The van der Waals surface area contributed by atoms with Crippen molar-refractivity contribution in [2.24, 2.45) is 0 Å². The first kappa shape index (κ1) is 23.6. The SMILES string of the molecule is O=CNNc1ccc(NS(=O)(=O)c2cccc(NC(=O)c3cccc(-n4[nH]nnc4=S)c3)c2)cc1. The molecule has 178 valence electrons. The molecule has 0 fully saturated rings. The largest absolute Gasteiger partial charge is 0.322 e. The van der Waals surface area contributed by atoms with E-state index in [1.54, 1.807) is 42.5 Å². The van der Waals surface area contributed by atoms with Crippen molar-refractivity contribution in [3.8, 4) is 5.69 Å². The molecule has 1 heterocycles. The molecule has 0 aliphatic rings.